The van der Waals surface area contributed by atoms with Crippen LogP contribution in [-0.2, 0) is 4.79 Å². The van der Waals surface area contributed by atoms with Crippen LogP contribution < -0.4 is 0 Å². The lowest BCUT2D eigenvalue weighted by atomic mass is 9.97. The van der Waals surface area contributed by atoms with E-state index in [9.17, 15) is 4.79 Å². The Hall–Kier alpha value is -0.180. The van der Waals surface area contributed by atoms with Crippen LogP contribution in [0.4, 0.5) is 0 Å². The smallest absolute Gasteiger partial charge is 0.226 e. The molecule has 0 radical (unpaired) electrons. The zero-order chi connectivity index (χ0) is 10.7. The summed E-state index contributed by atoms with van der Waals surface area (Å²) in [6.45, 7) is 4.26. The van der Waals surface area contributed by atoms with Gasteiger partial charge in [-0.15, -0.1) is 0 Å². The fraction of sp³-hybridized carbons (Fsp3) is 0.917. The number of hydrogen-bond acceptors (Lipinski definition) is 2. The Kier molecular flexibility index (Phi) is 3.95. The van der Waals surface area contributed by atoms with Crippen LogP contribution in [0.15, 0.2) is 0 Å². The Morgan fingerprint density at radius 3 is 2.87 bits per heavy atom. The molecule has 2 atom stereocenters. The van der Waals surface area contributed by atoms with Crippen molar-refractivity contribution in [1.82, 2.24) is 4.90 Å². The highest BCUT2D eigenvalue weighted by atomic mass is 32.2. The molecule has 15 heavy (non-hydrogen) atoms. The van der Waals surface area contributed by atoms with Crippen molar-refractivity contribution in [3.8, 4) is 0 Å². The first kappa shape index (κ1) is 11.3. The van der Waals surface area contributed by atoms with Gasteiger partial charge in [-0.2, -0.15) is 11.8 Å². The van der Waals surface area contributed by atoms with E-state index in [2.05, 4.69) is 11.8 Å². The number of piperidine rings is 1. The largest absolute Gasteiger partial charge is 0.342 e. The van der Waals surface area contributed by atoms with Gasteiger partial charge in [-0.1, -0.05) is 6.92 Å². The van der Waals surface area contributed by atoms with E-state index in [1.165, 1.54) is 25.0 Å². The fourth-order valence-electron chi connectivity index (χ4n) is 2.58. The minimum absolute atomic E-state index is 0.328. The van der Waals surface area contributed by atoms with Gasteiger partial charge >= 0.3 is 0 Å². The summed E-state index contributed by atoms with van der Waals surface area (Å²) in [7, 11) is 0. The van der Waals surface area contributed by atoms with Crippen molar-refractivity contribution in [2.75, 3.05) is 24.6 Å². The van der Waals surface area contributed by atoms with Gasteiger partial charge in [-0.25, -0.2) is 0 Å². The van der Waals surface area contributed by atoms with Gasteiger partial charge in [0, 0.05) is 24.8 Å². The van der Waals surface area contributed by atoms with Crippen molar-refractivity contribution >= 4 is 17.7 Å². The average molecular weight is 227 g/mol. The molecule has 3 heteroatoms. The summed E-state index contributed by atoms with van der Waals surface area (Å²) in [6, 6.07) is 0. The molecule has 0 bridgehead atoms. The SMILES string of the molecule is CC1CCCN(C(=O)C2CCCSC2)C1. The minimum Gasteiger partial charge on any atom is -0.342 e. The molecule has 0 saturated carbocycles. The highest BCUT2D eigenvalue weighted by Gasteiger charge is 2.28. The van der Waals surface area contributed by atoms with Gasteiger partial charge in [0.15, 0.2) is 0 Å². The standard InChI is InChI=1S/C12H21NOS/c1-10-4-2-6-13(8-10)12(14)11-5-3-7-15-9-11/h10-11H,2-9H2,1H3. The maximum Gasteiger partial charge on any atom is 0.226 e. The Morgan fingerprint density at radius 1 is 1.33 bits per heavy atom. The van der Waals surface area contributed by atoms with Crippen molar-refractivity contribution < 1.29 is 4.79 Å². The predicted octanol–water partition coefficient (Wildman–Crippen LogP) is 2.39. The second-order valence-electron chi connectivity index (χ2n) is 4.95. The summed E-state index contributed by atoms with van der Waals surface area (Å²) in [6.07, 6.45) is 4.84. The van der Waals surface area contributed by atoms with Crippen molar-refractivity contribution in [3.05, 3.63) is 0 Å². The lowest BCUT2D eigenvalue weighted by molar-refractivity contribution is -0.136. The second kappa shape index (κ2) is 5.24. The molecule has 0 aromatic rings. The maximum absolute atomic E-state index is 12.2. The Labute approximate surface area is 96.8 Å². The van der Waals surface area contributed by atoms with Crippen LogP contribution >= 0.6 is 11.8 Å². The molecule has 0 aromatic heterocycles. The number of amides is 1. The van der Waals surface area contributed by atoms with Crippen LogP contribution in [0.25, 0.3) is 0 Å². The number of hydrogen-bond donors (Lipinski definition) is 0. The zero-order valence-electron chi connectivity index (χ0n) is 9.58. The minimum atomic E-state index is 0.328. The molecular formula is C12H21NOS. The lowest BCUT2D eigenvalue weighted by Crippen LogP contribution is -2.43. The zero-order valence-corrected chi connectivity index (χ0v) is 10.4. The summed E-state index contributed by atoms with van der Waals surface area (Å²) < 4.78 is 0. The number of nitrogens with zero attached hydrogens (tertiary/aromatic N) is 1. The molecule has 1 amide bonds. The van der Waals surface area contributed by atoms with E-state index < -0.39 is 0 Å². The van der Waals surface area contributed by atoms with E-state index in [0.717, 1.165) is 25.3 Å². The van der Waals surface area contributed by atoms with Crippen LogP contribution in [0, 0.1) is 11.8 Å². The van der Waals surface area contributed by atoms with Gasteiger partial charge in [0.25, 0.3) is 0 Å². The third kappa shape index (κ3) is 2.90. The number of carbonyl (C=O) groups is 1. The maximum atomic E-state index is 12.2. The monoisotopic (exact) mass is 227 g/mol. The molecule has 2 heterocycles. The van der Waals surface area contributed by atoms with Gasteiger partial charge < -0.3 is 4.90 Å². The van der Waals surface area contributed by atoms with Crippen LogP contribution in [-0.4, -0.2) is 35.4 Å². The third-order valence-corrected chi connectivity index (χ3v) is 4.69. The summed E-state index contributed by atoms with van der Waals surface area (Å²) in [4.78, 5) is 14.3. The summed E-state index contributed by atoms with van der Waals surface area (Å²) in [5, 5.41) is 0. The quantitative estimate of drug-likeness (QED) is 0.685. The Balaban J connectivity index is 1.88. The van der Waals surface area contributed by atoms with Gasteiger partial charge in [-0.05, 0) is 37.4 Å². The molecule has 2 rings (SSSR count). The van der Waals surface area contributed by atoms with Crippen molar-refractivity contribution in [1.29, 1.82) is 0 Å². The van der Waals surface area contributed by atoms with Crippen molar-refractivity contribution in [2.45, 2.75) is 32.6 Å². The number of likely N-dealkylation sites (tertiary alicyclic amines) is 1. The average Bonchev–Trinajstić information content (AvgIpc) is 2.29. The van der Waals surface area contributed by atoms with E-state index in [4.69, 9.17) is 0 Å². The van der Waals surface area contributed by atoms with Crippen molar-refractivity contribution in [3.63, 3.8) is 0 Å². The summed E-state index contributed by atoms with van der Waals surface area (Å²) in [5.41, 5.74) is 0. The molecule has 86 valence electrons. The summed E-state index contributed by atoms with van der Waals surface area (Å²) >= 11 is 1.95. The van der Waals surface area contributed by atoms with E-state index in [-0.39, 0.29) is 0 Å². The number of rotatable bonds is 1. The molecule has 2 nitrogen and oxygen atoms in total. The van der Waals surface area contributed by atoms with E-state index in [1.807, 2.05) is 11.8 Å². The number of carbonyl (C=O) groups excluding carboxylic acids is 1. The van der Waals surface area contributed by atoms with Gasteiger partial charge in [0.1, 0.15) is 0 Å². The molecule has 0 spiro atoms. The highest BCUT2D eigenvalue weighted by Crippen LogP contribution is 2.26. The second-order valence-corrected chi connectivity index (χ2v) is 6.10. The normalized spacial score (nSPS) is 32.7. The molecular weight excluding hydrogens is 206 g/mol. The molecule has 2 aliphatic rings. The van der Waals surface area contributed by atoms with E-state index >= 15 is 0 Å². The van der Waals surface area contributed by atoms with E-state index in [1.54, 1.807) is 0 Å². The highest BCUT2D eigenvalue weighted by molar-refractivity contribution is 7.99. The Bertz CT molecular complexity index is 226. The predicted molar refractivity (Wildman–Crippen MR) is 65.0 cm³/mol. The van der Waals surface area contributed by atoms with Crippen molar-refractivity contribution in [2.24, 2.45) is 11.8 Å². The van der Waals surface area contributed by atoms with Crippen LogP contribution in [0.2, 0.25) is 0 Å². The topological polar surface area (TPSA) is 20.3 Å². The van der Waals surface area contributed by atoms with Gasteiger partial charge in [-0.3, -0.25) is 4.79 Å². The molecule has 2 unspecified atom stereocenters. The van der Waals surface area contributed by atoms with E-state index in [0.29, 0.717) is 17.7 Å². The first-order valence-corrected chi connectivity index (χ1v) is 7.29. The molecule has 2 saturated heterocycles. The lowest BCUT2D eigenvalue weighted by Gasteiger charge is -2.34. The molecule has 0 N–H and O–H groups in total. The molecule has 0 aliphatic carbocycles. The first-order chi connectivity index (χ1) is 7.27. The summed E-state index contributed by atoms with van der Waals surface area (Å²) in [5.74, 6) is 3.78. The Morgan fingerprint density at radius 2 is 2.20 bits per heavy atom. The number of thioether (sulfide) groups is 1. The van der Waals surface area contributed by atoms with Gasteiger partial charge in [0.05, 0.1) is 0 Å². The third-order valence-electron chi connectivity index (χ3n) is 3.48. The first-order valence-electron chi connectivity index (χ1n) is 6.14. The van der Waals surface area contributed by atoms with Crippen LogP contribution in [0.3, 0.4) is 0 Å². The molecule has 0 aromatic carbocycles. The van der Waals surface area contributed by atoms with Crippen LogP contribution in [0.5, 0.6) is 0 Å². The van der Waals surface area contributed by atoms with Gasteiger partial charge in [0.2, 0.25) is 5.91 Å². The van der Waals surface area contributed by atoms with Crippen LogP contribution in [0.1, 0.15) is 32.6 Å². The molecule has 2 fully saturated rings. The molecule has 2 aliphatic heterocycles. The fourth-order valence-corrected chi connectivity index (χ4v) is 3.71.